The van der Waals surface area contributed by atoms with Gasteiger partial charge in [-0.15, -0.1) is 0 Å². The van der Waals surface area contributed by atoms with Crippen molar-refractivity contribution in [2.75, 3.05) is 11.9 Å². The summed E-state index contributed by atoms with van der Waals surface area (Å²) in [5.74, 6) is 0. The van der Waals surface area contributed by atoms with Crippen LogP contribution < -0.4 is 11.1 Å². The number of para-hydroxylation sites is 1. The fraction of sp³-hybridized carbons (Fsp3) is 0.294. The lowest BCUT2D eigenvalue weighted by molar-refractivity contribution is 0.549. The average Bonchev–Trinajstić information content (AvgIpc) is 2.38. The molecule has 0 heterocycles. The predicted octanol–water partition coefficient (Wildman–Crippen LogP) is 3.43. The molecule has 0 radical (unpaired) electrons. The highest BCUT2D eigenvalue weighted by molar-refractivity contribution is 5.53. The average molecular weight is 254 g/mol. The van der Waals surface area contributed by atoms with E-state index >= 15 is 0 Å². The van der Waals surface area contributed by atoms with E-state index in [0.717, 1.165) is 13.0 Å². The van der Waals surface area contributed by atoms with Crippen molar-refractivity contribution in [2.45, 2.75) is 25.8 Å². The Kier molecular flexibility index (Phi) is 4.23. The van der Waals surface area contributed by atoms with E-state index < -0.39 is 0 Å². The first-order valence-electron chi connectivity index (χ1n) is 6.69. The number of nitrogens with two attached hydrogens (primary N) is 1. The lowest BCUT2D eigenvalue weighted by Gasteiger charge is -2.21. The summed E-state index contributed by atoms with van der Waals surface area (Å²) in [7, 11) is 0. The van der Waals surface area contributed by atoms with Crippen LogP contribution in [0.25, 0.3) is 0 Å². The Bertz CT molecular complexity index is 512. The highest BCUT2D eigenvalue weighted by Crippen LogP contribution is 2.19. The molecular weight excluding hydrogens is 232 g/mol. The molecule has 2 heteroatoms. The normalized spacial score (nSPS) is 11.3. The van der Waals surface area contributed by atoms with Crippen molar-refractivity contribution in [3.8, 4) is 0 Å². The molecule has 0 aromatic heterocycles. The van der Waals surface area contributed by atoms with E-state index in [4.69, 9.17) is 5.73 Å². The van der Waals surface area contributed by atoms with Crippen molar-refractivity contribution in [1.82, 2.24) is 0 Å². The van der Waals surface area contributed by atoms with Gasteiger partial charge in [0, 0.05) is 17.8 Å². The van der Waals surface area contributed by atoms with Crippen LogP contribution in [0.4, 0.5) is 5.69 Å². The second-order valence-electron chi connectivity index (χ2n) is 5.66. The van der Waals surface area contributed by atoms with Gasteiger partial charge in [0.15, 0.2) is 0 Å². The molecule has 0 saturated heterocycles. The topological polar surface area (TPSA) is 38.0 Å². The van der Waals surface area contributed by atoms with Gasteiger partial charge in [-0.2, -0.15) is 0 Å². The van der Waals surface area contributed by atoms with Crippen molar-refractivity contribution in [3.05, 3.63) is 65.7 Å². The maximum Gasteiger partial charge on any atom is 0.0376 e. The molecule has 3 N–H and O–H groups in total. The first kappa shape index (κ1) is 13.6. The molecule has 0 amide bonds. The molecule has 0 spiro atoms. The summed E-state index contributed by atoms with van der Waals surface area (Å²) < 4.78 is 0. The van der Waals surface area contributed by atoms with Crippen LogP contribution >= 0.6 is 0 Å². The molecule has 0 fully saturated rings. The zero-order chi connectivity index (χ0) is 13.7. The zero-order valence-corrected chi connectivity index (χ0v) is 11.7. The Labute approximate surface area is 115 Å². The van der Waals surface area contributed by atoms with E-state index in [1.807, 2.05) is 19.9 Å². The molecule has 0 bridgehead atoms. The first-order chi connectivity index (χ1) is 9.04. The van der Waals surface area contributed by atoms with Gasteiger partial charge in [0.2, 0.25) is 0 Å². The van der Waals surface area contributed by atoms with E-state index in [-0.39, 0.29) is 5.54 Å². The van der Waals surface area contributed by atoms with E-state index in [1.54, 1.807) is 0 Å². The van der Waals surface area contributed by atoms with Gasteiger partial charge in [-0.1, -0.05) is 48.5 Å². The quantitative estimate of drug-likeness (QED) is 0.858. The molecule has 0 atom stereocenters. The fourth-order valence-corrected chi connectivity index (χ4v) is 1.99. The summed E-state index contributed by atoms with van der Waals surface area (Å²) in [6.45, 7) is 4.82. The summed E-state index contributed by atoms with van der Waals surface area (Å²) in [6, 6.07) is 18.9. The molecule has 100 valence electrons. The third-order valence-corrected chi connectivity index (χ3v) is 2.99. The maximum absolute atomic E-state index is 6.02. The summed E-state index contributed by atoms with van der Waals surface area (Å²) in [6.07, 6.45) is 0.939. The van der Waals surface area contributed by atoms with Crippen LogP contribution in [-0.4, -0.2) is 12.1 Å². The van der Waals surface area contributed by atoms with E-state index in [2.05, 4.69) is 53.8 Å². The molecular formula is C17H22N2. The Hall–Kier alpha value is -1.80. The monoisotopic (exact) mass is 254 g/mol. The van der Waals surface area contributed by atoms with Gasteiger partial charge in [-0.3, -0.25) is 0 Å². The van der Waals surface area contributed by atoms with Gasteiger partial charge in [0.25, 0.3) is 0 Å². The molecule has 0 aliphatic heterocycles. The van der Waals surface area contributed by atoms with Crippen LogP contribution in [0.3, 0.4) is 0 Å². The van der Waals surface area contributed by atoms with Gasteiger partial charge in [0.05, 0.1) is 0 Å². The molecule has 0 aliphatic rings. The van der Waals surface area contributed by atoms with Crippen LogP contribution in [-0.2, 0) is 6.42 Å². The first-order valence-corrected chi connectivity index (χ1v) is 6.69. The van der Waals surface area contributed by atoms with Crippen molar-refractivity contribution < 1.29 is 0 Å². The number of hydrogen-bond donors (Lipinski definition) is 2. The Morgan fingerprint density at radius 2 is 1.58 bits per heavy atom. The largest absolute Gasteiger partial charge is 0.383 e. The minimum atomic E-state index is -0.208. The van der Waals surface area contributed by atoms with Crippen molar-refractivity contribution in [1.29, 1.82) is 0 Å². The minimum absolute atomic E-state index is 0.208. The van der Waals surface area contributed by atoms with Crippen LogP contribution in [0.15, 0.2) is 54.6 Å². The highest BCUT2D eigenvalue weighted by Gasteiger charge is 2.11. The molecule has 0 saturated carbocycles. The molecule has 2 nitrogen and oxygen atoms in total. The lowest BCUT2D eigenvalue weighted by atomic mass is 10.0. The molecule has 0 aliphatic carbocycles. The SMILES string of the molecule is CC(C)(N)CNc1ccccc1Cc1ccccc1. The third-order valence-electron chi connectivity index (χ3n) is 2.99. The van der Waals surface area contributed by atoms with Crippen molar-refractivity contribution in [2.24, 2.45) is 5.73 Å². The molecule has 2 aromatic carbocycles. The van der Waals surface area contributed by atoms with Gasteiger partial charge in [-0.05, 0) is 37.5 Å². The minimum Gasteiger partial charge on any atom is -0.383 e. The number of nitrogens with one attached hydrogen (secondary N) is 1. The summed E-state index contributed by atoms with van der Waals surface area (Å²) in [4.78, 5) is 0. The van der Waals surface area contributed by atoms with Gasteiger partial charge in [0.1, 0.15) is 0 Å². The zero-order valence-electron chi connectivity index (χ0n) is 11.7. The van der Waals surface area contributed by atoms with Gasteiger partial charge < -0.3 is 11.1 Å². The molecule has 2 aromatic rings. The molecule has 0 unspecified atom stereocenters. The van der Waals surface area contributed by atoms with E-state index in [0.29, 0.717) is 0 Å². The Morgan fingerprint density at radius 1 is 0.947 bits per heavy atom. The van der Waals surface area contributed by atoms with Crippen molar-refractivity contribution >= 4 is 5.69 Å². The molecule has 19 heavy (non-hydrogen) atoms. The molecule has 2 rings (SSSR count). The summed E-state index contributed by atoms with van der Waals surface area (Å²) in [5, 5.41) is 3.45. The van der Waals surface area contributed by atoms with Gasteiger partial charge >= 0.3 is 0 Å². The van der Waals surface area contributed by atoms with E-state index in [9.17, 15) is 0 Å². The Morgan fingerprint density at radius 3 is 2.26 bits per heavy atom. The smallest absolute Gasteiger partial charge is 0.0376 e. The second-order valence-corrected chi connectivity index (χ2v) is 5.66. The predicted molar refractivity (Wildman–Crippen MR) is 82.4 cm³/mol. The fourth-order valence-electron chi connectivity index (χ4n) is 1.99. The summed E-state index contributed by atoms with van der Waals surface area (Å²) in [5.41, 5.74) is 9.61. The van der Waals surface area contributed by atoms with Crippen LogP contribution in [0, 0.1) is 0 Å². The van der Waals surface area contributed by atoms with Crippen LogP contribution in [0.2, 0.25) is 0 Å². The maximum atomic E-state index is 6.02. The number of benzene rings is 2. The van der Waals surface area contributed by atoms with Gasteiger partial charge in [-0.25, -0.2) is 0 Å². The summed E-state index contributed by atoms with van der Waals surface area (Å²) >= 11 is 0. The van der Waals surface area contributed by atoms with Crippen LogP contribution in [0.5, 0.6) is 0 Å². The van der Waals surface area contributed by atoms with Crippen LogP contribution in [0.1, 0.15) is 25.0 Å². The number of hydrogen-bond acceptors (Lipinski definition) is 2. The second kappa shape index (κ2) is 5.89. The Balaban J connectivity index is 2.12. The lowest BCUT2D eigenvalue weighted by Crippen LogP contribution is -2.39. The highest BCUT2D eigenvalue weighted by atomic mass is 14.9. The standard InChI is InChI=1S/C17H22N2/c1-17(2,18)13-19-16-11-7-6-10-15(16)12-14-8-4-3-5-9-14/h3-11,19H,12-13,18H2,1-2H3. The van der Waals surface area contributed by atoms with Crippen molar-refractivity contribution in [3.63, 3.8) is 0 Å². The van der Waals surface area contributed by atoms with E-state index in [1.165, 1.54) is 16.8 Å². The number of rotatable bonds is 5. The third kappa shape index (κ3) is 4.42. The number of anilines is 1.